The monoisotopic (exact) mass is 443 g/mol. The quantitative estimate of drug-likeness (QED) is 0.553. The molecule has 1 heterocycles. The Morgan fingerprint density at radius 1 is 1.26 bits per heavy atom. The third kappa shape index (κ3) is 6.05. The molecule has 1 fully saturated rings. The minimum atomic E-state index is -1.29. The number of likely N-dealkylation sites (tertiary alicyclic amines) is 1. The fourth-order valence-electron chi connectivity index (χ4n) is 3.46. The summed E-state index contributed by atoms with van der Waals surface area (Å²) in [6, 6.07) is 13.5. The van der Waals surface area contributed by atoms with Gasteiger partial charge in [0.1, 0.15) is 34.7 Å². The van der Waals surface area contributed by atoms with Gasteiger partial charge in [-0.2, -0.15) is 5.26 Å². The van der Waals surface area contributed by atoms with Gasteiger partial charge in [0, 0.05) is 31.7 Å². The van der Waals surface area contributed by atoms with E-state index < -0.39 is 11.0 Å². The average molecular weight is 444 g/mol. The van der Waals surface area contributed by atoms with Crippen molar-refractivity contribution in [3.05, 3.63) is 59.4 Å². The summed E-state index contributed by atoms with van der Waals surface area (Å²) in [4.78, 5) is 12.6. The lowest BCUT2D eigenvalue weighted by atomic mass is 10.1. The van der Waals surface area contributed by atoms with E-state index in [0.29, 0.717) is 55.2 Å². The molecule has 31 heavy (non-hydrogen) atoms. The van der Waals surface area contributed by atoms with E-state index in [2.05, 4.69) is 6.07 Å². The number of ether oxygens (including phenoxy) is 1. The molecule has 1 aliphatic heterocycles. The van der Waals surface area contributed by atoms with Gasteiger partial charge in [-0.05, 0) is 42.3 Å². The van der Waals surface area contributed by atoms with Crippen molar-refractivity contribution in [3.8, 4) is 11.8 Å². The highest BCUT2D eigenvalue weighted by molar-refractivity contribution is 7.86. The number of carbonyl (C=O) groups excluding carboxylic acids is 1. The van der Waals surface area contributed by atoms with Crippen LogP contribution in [0.5, 0.6) is 5.75 Å². The molecule has 1 aliphatic rings. The first kappa shape index (κ1) is 22.8. The van der Waals surface area contributed by atoms with E-state index in [1.54, 1.807) is 39.5 Å². The topological polar surface area (TPSA) is 73.6 Å². The molecule has 8 heteroatoms. The second kappa shape index (κ2) is 10.9. The van der Waals surface area contributed by atoms with Crippen LogP contribution in [0.4, 0.5) is 10.1 Å². The van der Waals surface area contributed by atoms with Gasteiger partial charge in [-0.3, -0.25) is 9.10 Å². The summed E-state index contributed by atoms with van der Waals surface area (Å²) in [6.45, 7) is 3.56. The van der Waals surface area contributed by atoms with Crippen LogP contribution in [0.2, 0.25) is 0 Å². The van der Waals surface area contributed by atoms with E-state index >= 15 is 0 Å². The molecule has 0 aromatic heterocycles. The number of hydrogen-bond donors (Lipinski definition) is 0. The van der Waals surface area contributed by atoms with Gasteiger partial charge in [0.05, 0.1) is 17.8 Å². The second-order valence-corrected chi connectivity index (χ2v) is 8.93. The minimum absolute atomic E-state index is 0.0568. The van der Waals surface area contributed by atoms with Crippen LogP contribution < -0.4 is 9.04 Å². The predicted octanol–water partition coefficient (Wildman–Crippen LogP) is 3.78. The van der Waals surface area contributed by atoms with Gasteiger partial charge < -0.3 is 9.64 Å². The molecule has 0 aliphatic carbocycles. The Bertz CT molecular complexity index is 954. The van der Waals surface area contributed by atoms with Crippen LogP contribution in [0.3, 0.4) is 0 Å². The van der Waals surface area contributed by atoms with Gasteiger partial charge in [0.15, 0.2) is 0 Å². The molecule has 2 aromatic rings. The van der Waals surface area contributed by atoms with E-state index in [9.17, 15) is 18.7 Å². The molecule has 1 saturated heterocycles. The lowest BCUT2D eigenvalue weighted by molar-refractivity contribution is -0.119. The number of nitriles is 1. The van der Waals surface area contributed by atoms with Crippen molar-refractivity contribution in [2.75, 3.05) is 23.1 Å². The summed E-state index contributed by atoms with van der Waals surface area (Å²) in [7, 11) is -1.29. The summed E-state index contributed by atoms with van der Waals surface area (Å²) >= 11 is 0. The van der Waals surface area contributed by atoms with Crippen molar-refractivity contribution in [2.24, 2.45) is 0 Å². The maximum absolute atomic E-state index is 13.3. The Labute approximate surface area is 184 Å². The van der Waals surface area contributed by atoms with Crippen LogP contribution >= 0.6 is 0 Å². The number of piperidine rings is 1. The number of anilines is 1. The van der Waals surface area contributed by atoms with Crippen molar-refractivity contribution in [1.29, 1.82) is 5.26 Å². The van der Waals surface area contributed by atoms with Crippen molar-refractivity contribution in [1.82, 2.24) is 4.90 Å². The first-order valence-corrected chi connectivity index (χ1v) is 11.6. The number of carbonyl (C=O) groups is 1. The highest BCUT2D eigenvalue weighted by atomic mass is 32.2. The normalized spacial score (nSPS) is 15.2. The smallest absolute Gasteiger partial charge is 0.209 e. The van der Waals surface area contributed by atoms with Crippen molar-refractivity contribution >= 4 is 23.1 Å². The number of rotatable bonds is 9. The van der Waals surface area contributed by atoms with Crippen LogP contribution in [0.1, 0.15) is 37.3 Å². The largest absolute Gasteiger partial charge is 0.489 e. The Kier molecular flexibility index (Phi) is 8.01. The van der Waals surface area contributed by atoms with Gasteiger partial charge in [-0.1, -0.05) is 19.1 Å². The molecule has 0 saturated carbocycles. The fourth-order valence-corrected chi connectivity index (χ4v) is 4.67. The first-order chi connectivity index (χ1) is 15.0. The van der Waals surface area contributed by atoms with Crippen molar-refractivity contribution in [2.45, 2.75) is 38.8 Å². The van der Waals surface area contributed by atoms with Gasteiger partial charge in [0.2, 0.25) is 6.41 Å². The average Bonchev–Trinajstić information content (AvgIpc) is 2.79. The summed E-state index contributed by atoms with van der Waals surface area (Å²) in [6.07, 6.45) is 2.96. The molecule has 2 aromatic carbocycles. The molecule has 0 N–H and O–H groups in total. The van der Waals surface area contributed by atoms with Gasteiger partial charge in [-0.25, -0.2) is 8.60 Å². The lowest BCUT2D eigenvalue weighted by Crippen LogP contribution is -2.37. The summed E-state index contributed by atoms with van der Waals surface area (Å²) in [5, 5.41) is 9.68. The van der Waals surface area contributed by atoms with Gasteiger partial charge in [-0.15, -0.1) is 0 Å². The first-order valence-electron chi connectivity index (χ1n) is 10.3. The Balaban J connectivity index is 1.80. The van der Waals surface area contributed by atoms with E-state index in [4.69, 9.17) is 4.74 Å². The van der Waals surface area contributed by atoms with Crippen molar-refractivity contribution < 1.29 is 18.1 Å². The number of hydrogen-bond acceptors (Lipinski definition) is 4. The number of halogens is 1. The Morgan fingerprint density at radius 3 is 2.58 bits per heavy atom. The van der Waals surface area contributed by atoms with Gasteiger partial charge >= 0.3 is 0 Å². The zero-order valence-electron chi connectivity index (χ0n) is 17.5. The zero-order chi connectivity index (χ0) is 22.2. The molecular formula is C23H26FN3O3S. The zero-order valence-corrected chi connectivity index (χ0v) is 18.3. The van der Waals surface area contributed by atoms with Crippen molar-refractivity contribution in [3.63, 3.8) is 0 Å². The number of amides is 1. The number of benzene rings is 2. The highest BCUT2D eigenvalue weighted by Crippen LogP contribution is 2.29. The maximum Gasteiger partial charge on any atom is 0.209 e. The summed E-state index contributed by atoms with van der Waals surface area (Å²) in [5.41, 5.74) is 1.84. The number of nitrogens with zero attached hydrogens (tertiary/aromatic N) is 3. The molecule has 1 atom stereocenters. The third-order valence-corrected chi connectivity index (χ3v) is 6.74. The maximum atomic E-state index is 13.3. The fraction of sp³-hybridized carbons (Fsp3) is 0.391. The van der Waals surface area contributed by atoms with Crippen LogP contribution in [-0.2, 0) is 22.3 Å². The molecule has 6 nitrogen and oxygen atoms in total. The van der Waals surface area contributed by atoms with E-state index in [-0.39, 0.29) is 11.9 Å². The summed E-state index contributed by atoms with van der Waals surface area (Å²) < 4.78 is 33.9. The molecule has 0 radical (unpaired) electrons. The molecule has 1 amide bonds. The van der Waals surface area contributed by atoms with Crippen LogP contribution in [0.15, 0.2) is 42.5 Å². The Morgan fingerprint density at radius 2 is 1.97 bits per heavy atom. The minimum Gasteiger partial charge on any atom is -0.489 e. The van der Waals surface area contributed by atoms with E-state index in [1.807, 2.05) is 6.92 Å². The lowest BCUT2D eigenvalue weighted by Gasteiger charge is -2.30. The van der Waals surface area contributed by atoms with Crippen LogP contribution in [-0.4, -0.2) is 40.5 Å². The van der Waals surface area contributed by atoms with Gasteiger partial charge in [0.25, 0.3) is 0 Å². The molecule has 3 rings (SSSR count). The molecule has 0 bridgehead atoms. The van der Waals surface area contributed by atoms with Crippen LogP contribution in [0, 0.1) is 17.1 Å². The Hall–Kier alpha value is -2.92. The molecule has 164 valence electrons. The standard InChI is InChI=1S/C23H26FN3O3S/c1-2-13-31(29)27(16-18-3-5-20(24)6-4-18)21-7-8-23(19(14-21)15-25)30-22-9-11-26(17-28)12-10-22/h3-8,14,17,22H,2,9-13,16H2,1H3. The predicted molar refractivity (Wildman–Crippen MR) is 118 cm³/mol. The van der Waals surface area contributed by atoms with E-state index in [1.165, 1.54) is 12.1 Å². The van der Waals surface area contributed by atoms with E-state index in [0.717, 1.165) is 18.4 Å². The van der Waals surface area contributed by atoms with Crippen LogP contribution in [0.25, 0.3) is 0 Å². The SMILES string of the molecule is CCCS(=O)N(Cc1ccc(F)cc1)c1ccc(OC2CCN(C=O)CC2)c(C#N)c1. The molecule has 0 spiro atoms. The molecule has 1 unspecified atom stereocenters. The third-order valence-electron chi connectivity index (χ3n) is 5.15. The molecular weight excluding hydrogens is 417 g/mol. The second-order valence-electron chi connectivity index (χ2n) is 7.44. The highest BCUT2D eigenvalue weighted by Gasteiger charge is 2.22. The summed E-state index contributed by atoms with van der Waals surface area (Å²) in [5.74, 6) is 0.646.